The van der Waals surface area contributed by atoms with Crippen LogP contribution in [0.3, 0.4) is 0 Å². The van der Waals surface area contributed by atoms with E-state index in [0.29, 0.717) is 23.6 Å². The fraction of sp³-hybridized carbons (Fsp3) is 0.316. The van der Waals surface area contributed by atoms with E-state index in [1.54, 1.807) is 37.3 Å². The lowest BCUT2D eigenvalue weighted by atomic mass is 10.1. The molecular weight excluding hydrogens is 336 g/mol. The molecule has 7 heteroatoms. The summed E-state index contributed by atoms with van der Waals surface area (Å²) in [6.45, 7) is 2.86. The molecule has 0 saturated carbocycles. The van der Waals surface area contributed by atoms with Crippen LogP contribution in [0.25, 0.3) is 0 Å². The lowest BCUT2D eigenvalue weighted by Crippen LogP contribution is -2.16. The summed E-state index contributed by atoms with van der Waals surface area (Å²) in [6.07, 6.45) is 2.22. The molecule has 1 N–H and O–H groups in total. The Kier molecular flexibility index (Phi) is 5.48. The molecule has 26 heavy (non-hydrogen) atoms. The Morgan fingerprint density at radius 2 is 2.08 bits per heavy atom. The first-order valence-electron chi connectivity index (χ1n) is 8.44. The molecule has 2 aromatic rings. The summed E-state index contributed by atoms with van der Waals surface area (Å²) in [5.41, 5.74) is 1.13. The van der Waals surface area contributed by atoms with Gasteiger partial charge in [0.05, 0.1) is 11.0 Å². The number of hydrogen-bond donors (Lipinski definition) is 1. The van der Waals surface area contributed by atoms with E-state index in [-0.39, 0.29) is 23.3 Å². The number of nitro groups is 1. The number of ether oxygens (including phenoxy) is 2. The second kappa shape index (κ2) is 7.97. The van der Waals surface area contributed by atoms with Crippen molar-refractivity contribution in [2.24, 2.45) is 0 Å². The third-order valence-corrected chi connectivity index (χ3v) is 4.32. The van der Waals surface area contributed by atoms with Crippen LogP contribution in [-0.2, 0) is 4.74 Å². The maximum absolute atomic E-state index is 12.4. The molecule has 0 aromatic heterocycles. The number of nitrogens with one attached hydrogen (secondary N) is 1. The monoisotopic (exact) mass is 356 g/mol. The van der Waals surface area contributed by atoms with Crippen molar-refractivity contribution in [3.05, 3.63) is 63.7 Å². The number of nitrogens with zero attached hydrogens (tertiary/aromatic N) is 1. The first-order valence-corrected chi connectivity index (χ1v) is 8.44. The smallest absolute Gasteiger partial charge is 0.273 e. The fourth-order valence-electron chi connectivity index (χ4n) is 2.87. The van der Waals surface area contributed by atoms with E-state index < -0.39 is 4.92 Å². The quantitative estimate of drug-likeness (QED) is 0.629. The van der Waals surface area contributed by atoms with Crippen molar-refractivity contribution in [2.45, 2.75) is 25.9 Å². The van der Waals surface area contributed by atoms with Crippen molar-refractivity contribution in [1.82, 2.24) is 0 Å². The van der Waals surface area contributed by atoms with Gasteiger partial charge in [0.1, 0.15) is 12.4 Å². The Bertz CT molecular complexity index is 798. The molecule has 1 saturated heterocycles. The van der Waals surface area contributed by atoms with Crippen molar-refractivity contribution in [2.75, 3.05) is 18.5 Å². The second-order valence-corrected chi connectivity index (χ2v) is 6.13. The number of amides is 1. The van der Waals surface area contributed by atoms with Crippen molar-refractivity contribution < 1.29 is 19.2 Å². The van der Waals surface area contributed by atoms with Crippen LogP contribution in [0.15, 0.2) is 42.5 Å². The van der Waals surface area contributed by atoms with Crippen LogP contribution >= 0.6 is 0 Å². The van der Waals surface area contributed by atoms with E-state index in [1.807, 2.05) is 0 Å². The molecule has 2 aromatic carbocycles. The predicted molar refractivity (Wildman–Crippen MR) is 96.7 cm³/mol. The van der Waals surface area contributed by atoms with Crippen LogP contribution in [0.5, 0.6) is 5.75 Å². The Labute approximate surface area is 151 Å². The summed E-state index contributed by atoms with van der Waals surface area (Å²) >= 11 is 0. The highest BCUT2D eigenvalue weighted by molar-refractivity contribution is 6.05. The zero-order chi connectivity index (χ0) is 18.5. The lowest BCUT2D eigenvalue weighted by molar-refractivity contribution is -0.385. The van der Waals surface area contributed by atoms with Crippen LogP contribution < -0.4 is 10.1 Å². The van der Waals surface area contributed by atoms with Gasteiger partial charge in [0.15, 0.2) is 0 Å². The molecule has 1 amide bonds. The maximum Gasteiger partial charge on any atom is 0.273 e. The Hall–Kier alpha value is -2.93. The average molecular weight is 356 g/mol. The minimum Gasteiger partial charge on any atom is -0.491 e. The van der Waals surface area contributed by atoms with Crippen molar-refractivity contribution >= 4 is 17.3 Å². The maximum atomic E-state index is 12.4. The van der Waals surface area contributed by atoms with Gasteiger partial charge in [-0.15, -0.1) is 0 Å². The molecule has 1 unspecified atom stereocenters. The molecular formula is C19H20N2O5. The average Bonchev–Trinajstić information content (AvgIpc) is 3.14. The van der Waals surface area contributed by atoms with E-state index in [9.17, 15) is 14.9 Å². The molecule has 0 radical (unpaired) electrons. The fourth-order valence-corrected chi connectivity index (χ4v) is 2.87. The first-order chi connectivity index (χ1) is 12.5. The topological polar surface area (TPSA) is 90.7 Å². The number of anilines is 1. The van der Waals surface area contributed by atoms with E-state index in [4.69, 9.17) is 9.47 Å². The second-order valence-electron chi connectivity index (χ2n) is 6.13. The Morgan fingerprint density at radius 3 is 2.73 bits per heavy atom. The van der Waals surface area contributed by atoms with Crippen molar-refractivity contribution in [1.29, 1.82) is 0 Å². The van der Waals surface area contributed by atoms with Gasteiger partial charge in [-0.1, -0.05) is 6.07 Å². The van der Waals surface area contributed by atoms with E-state index in [1.165, 1.54) is 12.1 Å². The van der Waals surface area contributed by atoms with Crippen LogP contribution in [0.2, 0.25) is 0 Å². The molecule has 0 spiro atoms. The molecule has 1 fully saturated rings. The highest BCUT2D eigenvalue weighted by Crippen LogP contribution is 2.23. The number of carbonyl (C=O) groups excluding carboxylic acids is 1. The Morgan fingerprint density at radius 1 is 1.31 bits per heavy atom. The summed E-state index contributed by atoms with van der Waals surface area (Å²) < 4.78 is 11.2. The van der Waals surface area contributed by atoms with Gasteiger partial charge in [0.2, 0.25) is 0 Å². The summed E-state index contributed by atoms with van der Waals surface area (Å²) in [6, 6.07) is 11.5. The SMILES string of the molecule is Cc1c(C(=O)Nc2ccc(OCC3CCCO3)cc2)cccc1[N+](=O)[O-]. The molecule has 0 bridgehead atoms. The zero-order valence-electron chi connectivity index (χ0n) is 14.4. The molecule has 7 nitrogen and oxygen atoms in total. The third-order valence-electron chi connectivity index (χ3n) is 4.32. The summed E-state index contributed by atoms with van der Waals surface area (Å²) in [4.78, 5) is 22.9. The number of carbonyl (C=O) groups is 1. The summed E-state index contributed by atoms with van der Waals surface area (Å²) in [5, 5.41) is 13.7. The standard InChI is InChI=1S/C19H20N2O5/c1-13-17(5-2-6-18(13)21(23)24)19(22)20-14-7-9-15(10-8-14)26-12-16-4-3-11-25-16/h2,5-10,16H,3-4,11-12H2,1H3,(H,20,22). The highest BCUT2D eigenvalue weighted by Gasteiger charge is 2.18. The number of nitro benzene ring substituents is 1. The highest BCUT2D eigenvalue weighted by atomic mass is 16.6. The van der Waals surface area contributed by atoms with Gasteiger partial charge in [-0.2, -0.15) is 0 Å². The van der Waals surface area contributed by atoms with Gasteiger partial charge < -0.3 is 14.8 Å². The Balaban J connectivity index is 1.62. The first kappa shape index (κ1) is 17.9. The predicted octanol–water partition coefficient (Wildman–Crippen LogP) is 3.71. The van der Waals surface area contributed by atoms with Crippen LogP contribution in [0, 0.1) is 17.0 Å². The minimum absolute atomic E-state index is 0.0736. The van der Waals surface area contributed by atoms with Crippen molar-refractivity contribution in [3.63, 3.8) is 0 Å². The molecule has 1 heterocycles. The molecule has 3 rings (SSSR count). The van der Waals surface area contributed by atoms with E-state index in [2.05, 4.69) is 5.32 Å². The number of benzene rings is 2. The molecule has 0 aliphatic carbocycles. The van der Waals surface area contributed by atoms with Gasteiger partial charge in [-0.3, -0.25) is 14.9 Å². The number of hydrogen-bond acceptors (Lipinski definition) is 5. The summed E-state index contributed by atoms with van der Waals surface area (Å²) in [5.74, 6) is 0.309. The minimum atomic E-state index is -0.494. The van der Waals surface area contributed by atoms with Gasteiger partial charge in [-0.05, 0) is 50.1 Å². The normalized spacial score (nSPS) is 16.3. The van der Waals surface area contributed by atoms with Gasteiger partial charge in [0.25, 0.3) is 11.6 Å². The van der Waals surface area contributed by atoms with Gasteiger partial charge in [-0.25, -0.2) is 0 Å². The number of rotatable bonds is 6. The van der Waals surface area contributed by atoms with Crippen LogP contribution in [0.4, 0.5) is 11.4 Å². The van der Waals surface area contributed by atoms with Crippen LogP contribution in [0.1, 0.15) is 28.8 Å². The summed E-state index contributed by atoms with van der Waals surface area (Å²) in [7, 11) is 0. The zero-order valence-corrected chi connectivity index (χ0v) is 14.4. The van der Waals surface area contributed by atoms with Crippen molar-refractivity contribution in [3.8, 4) is 5.75 Å². The van der Waals surface area contributed by atoms with E-state index >= 15 is 0 Å². The van der Waals surface area contributed by atoms with E-state index in [0.717, 1.165) is 19.4 Å². The molecule has 1 atom stereocenters. The molecule has 1 aliphatic rings. The van der Waals surface area contributed by atoms with Gasteiger partial charge >= 0.3 is 0 Å². The molecule has 136 valence electrons. The third kappa shape index (κ3) is 4.18. The van der Waals surface area contributed by atoms with Gasteiger partial charge in [0, 0.05) is 29.5 Å². The van der Waals surface area contributed by atoms with Crippen LogP contribution in [-0.4, -0.2) is 30.1 Å². The largest absolute Gasteiger partial charge is 0.491 e. The molecule has 1 aliphatic heterocycles. The lowest BCUT2D eigenvalue weighted by Gasteiger charge is -2.12.